The zero-order valence-corrected chi connectivity index (χ0v) is 13.4. The summed E-state index contributed by atoms with van der Waals surface area (Å²) in [6.07, 6.45) is 1.03. The van der Waals surface area contributed by atoms with Gasteiger partial charge < -0.3 is 10.6 Å². The van der Waals surface area contributed by atoms with E-state index in [1.54, 1.807) is 0 Å². The van der Waals surface area contributed by atoms with Crippen molar-refractivity contribution < 1.29 is 4.79 Å². The highest BCUT2D eigenvalue weighted by molar-refractivity contribution is 9.10. The maximum Gasteiger partial charge on any atom is 0.251 e. The lowest BCUT2D eigenvalue weighted by Gasteiger charge is -2.16. The second-order valence-corrected chi connectivity index (χ2v) is 6.12. The van der Waals surface area contributed by atoms with Gasteiger partial charge in [0.2, 0.25) is 0 Å². The van der Waals surface area contributed by atoms with Crippen LogP contribution in [0, 0.1) is 0 Å². The quantitative estimate of drug-likeness (QED) is 0.886. The van der Waals surface area contributed by atoms with Gasteiger partial charge in [-0.25, -0.2) is 0 Å². The molecule has 2 aromatic rings. The minimum Gasteiger partial charge on any atom is -0.384 e. The molecular formula is C17H17BrN2O. The fourth-order valence-electron chi connectivity index (χ4n) is 2.62. The van der Waals surface area contributed by atoms with Crippen LogP contribution in [0.2, 0.25) is 0 Å². The molecule has 0 bridgehead atoms. The molecule has 21 heavy (non-hydrogen) atoms. The number of halogens is 1. The van der Waals surface area contributed by atoms with Crippen LogP contribution in [-0.2, 0) is 6.42 Å². The SMILES string of the molecule is C[C@H](NC(=O)c1ccc2c(c1)NCC2)c1ccccc1Br. The number of carbonyl (C=O) groups is 1. The molecule has 4 heteroatoms. The van der Waals surface area contributed by atoms with Crippen LogP contribution in [-0.4, -0.2) is 12.5 Å². The van der Waals surface area contributed by atoms with E-state index in [1.165, 1.54) is 5.56 Å². The van der Waals surface area contributed by atoms with E-state index in [9.17, 15) is 4.79 Å². The highest BCUT2D eigenvalue weighted by Crippen LogP contribution is 2.25. The molecule has 2 aromatic carbocycles. The Kier molecular flexibility index (Phi) is 3.97. The lowest BCUT2D eigenvalue weighted by molar-refractivity contribution is 0.0940. The summed E-state index contributed by atoms with van der Waals surface area (Å²) in [5.41, 5.74) is 4.13. The van der Waals surface area contributed by atoms with Crippen LogP contribution < -0.4 is 10.6 Å². The van der Waals surface area contributed by atoms with E-state index < -0.39 is 0 Å². The van der Waals surface area contributed by atoms with E-state index >= 15 is 0 Å². The summed E-state index contributed by atoms with van der Waals surface area (Å²) in [6.45, 7) is 2.94. The van der Waals surface area contributed by atoms with Crippen LogP contribution >= 0.6 is 15.9 Å². The summed E-state index contributed by atoms with van der Waals surface area (Å²) in [7, 11) is 0. The van der Waals surface area contributed by atoms with Crippen LogP contribution in [0.4, 0.5) is 5.69 Å². The van der Waals surface area contributed by atoms with Crippen molar-refractivity contribution in [2.45, 2.75) is 19.4 Å². The smallest absolute Gasteiger partial charge is 0.251 e. The molecular weight excluding hydrogens is 328 g/mol. The van der Waals surface area contributed by atoms with Gasteiger partial charge >= 0.3 is 0 Å². The van der Waals surface area contributed by atoms with Crippen LogP contribution in [0.15, 0.2) is 46.9 Å². The largest absolute Gasteiger partial charge is 0.384 e. The highest BCUT2D eigenvalue weighted by atomic mass is 79.9. The Morgan fingerprint density at radius 3 is 2.90 bits per heavy atom. The van der Waals surface area contributed by atoms with Gasteiger partial charge in [0.1, 0.15) is 0 Å². The van der Waals surface area contributed by atoms with Gasteiger partial charge in [-0.3, -0.25) is 4.79 Å². The Morgan fingerprint density at radius 2 is 2.10 bits per heavy atom. The molecule has 0 spiro atoms. The lowest BCUT2D eigenvalue weighted by atomic mass is 10.1. The van der Waals surface area contributed by atoms with E-state index in [4.69, 9.17) is 0 Å². The van der Waals surface area contributed by atoms with Crippen LogP contribution in [0.3, 0.4) is 0 Å². The summed E-state index contributed by atoms with van der Waals surface area (Å²) in [5, 5.41) is 6.35. The van der Waals surface area contributed by atoms with Crippen LogP contribution in [0.25, 0.3) is 0 Å². The number of hydrogen-bond acceptors (Lipinski definition) is 2. The maximum atomic E-state index is 12.4. The van der Waals surface area contributed by atoms with E-state index in [-0.39, 0.29) is 11.9 Å². The summed E-state index contributed by atoms with van der Waals surface area (Å²) in [5.74, 6) is -0.0465. The number of carbonyl (C=O) groups excluding carboxylic acids is 1. The van der Waals surface area contributed by atoms with Crippen LogP contribution in [0.1, 0.15) is 34.5 Å². The minimum absolute atomic E-state index is 0.0465. The van der Waals surface area contributed by atoms with Crippen molar-refractivity contribution in [1.29, 1.82) is 0 Å². The zero-order valence-electron chi connectivity index (χ0n) is 11.8. The first-order valence-corrected chi connectivity index (χ1v) is 7.86. The molecule has 0 aliphatic carbocycles. The van der Waals surface area contributed by atoms with Gasteiger partial charge in [-0.15, -0.1) is 0 Å². The first-order valence-electron chi connectivity index (χ1n) is 7.07. The summed E-state index contributed by atoms with van der Waals surface area (Å²) in [4.78, 5) is 12.4. The Hall–Kier alpha value is -1.81. The number of benzene rings is 2. The van der Waals surface area contributed by atoms with Gasteiger partial charge in [-0.2, -0.15) is 0 Å². The van der Waals surface area contributed by atoms with Gasteiger partial charge in [0.05, 0.1) is 6.04 Å². The minimum atomic E-state index is -0.0470. The Morgan fingerprint density at radius 1 is 1.29 bits per heavy atom. The average molecular weight is 345 g/mol. The van der Waals surface area contributed by atoms with E-state index in [1.807, 2.05) is 49.4 Å². The number of nitrogens with one attached hydrogen (secondary N) is 2. The predicted octanol–water partition coefficient (Wildman–Crippen LogP) is 3.91. The molecule has 1 amide bonds. The average Bonchev–Trinajstić information content (AvgIpc) is 2.94. The lowest BCUT2D eigenvalue weighted by Crippen LogP contribution is -2.26. The molecule has 0 saturated carbocycles. The van der Waals surface area contributed by atoms with Gasteiger partial charge in [0.25, 0.3) is 5.91 Å². The molecule has 1 aliphatic heterocycles. The standard InChI is InChI=1S/C17H17BrN2O/c1-11(14-4-2-3-5-15(14)18)20-17(21)13-7-6-12-8-9-19-16(12)10-13/h2-7,10-11,19H,8-9H2,1H3,(H,20,21)/t11-/m0/s1. The molecule has 0 fully saturated rings. The second-order valence-electron chi connectivity index (χ2n) is 5.27. The third kappa shape index (κ3) is 2.95. The molecule has 0 radical (unpaired) electrons. The zero-order chi connectivity index (χ0) is 14.8. The van der Waals surface area contributed by atoms with Gasteiger partial charge in [0, 0.05) is 22.3 Å². The molecule has 1 aliphatic rings. The number of hydrogen-bond donors (Lipinski definition) is 2. The first kappa shape index (κ1) is 14.1. The number of rotatable bonds is 3. The maximum absolute atomic E-state index is 12.4. The molecule has 0 aromatic heterocycles. The third-order valence-electron chi connectivity index (χ3n) is 3.80. The highest BCUT2D eigenvalue weighted by Gasteiger charge is 2.16. The van der Waals surface area contributed by atoms with Crippen molar-refractivity contribution in [3.63, 3.8) is 0 Å². The van der Waals surface area contributed by atoms with Crippen molar-refractivity contribution in [3.05, 3.63) is 63.6 Å². The van der Waals surface area contributed by atoms with E-state index in [0.29, 0.717) is 5.56 Å². The van der Waals surface area contributed by atoms with Crippen molar-refractivity contribution in [1.82, 2.24) is 5.32 Å². The fourth-order valence-corrected chi connectivity index (χ4v) is 3.24. The summed E-state index contributed by atoms with van der Waals surface area (Å²) in [6, 6.07) is 13.8. The molecule has 108 valence electrons. The molecule has 3 rings (SSSR count). The number of anilines is 1. The number of fused-ring (bicyclic) bond motifs is 1. The van der Waals surface area contributed by atoms with Gasteiger partial charge in [0.15, 0.2) is 0 Å². The second kappa shape index (κ2) is 5.90. The topological polar surface area (TPSA) is 41.1 Å². The molecule has 3 nitrogen and oxygen atoms in total. The molecule has 0 saturated heterocycles. The summed E-state index contributed by atoms with van der Waals surface area (Å²) >= 11 is 3.52. The monoisotopic (exact) mass is 344 g/mol. The normalized spacial score (nSPS) is 14.2. The number of amides is 1. The van der Waals surface area contributed by atoms with Gasteiger partial charge in [-0.1, -0.05) is 40.2 Å². The molecule has 1 heterocycles. The van der Waals surface area contributed by atoms with E-state index in [2.05, 4.69) is 26.6 Å². The van der Waals surface area contributed by atoms with Crippen molar-refractivity contribution >= 4 is 27.5 Å². The third-order valence-corrected chi connectivity index (χ3v) is 4.52. The van der Waals surface area contributed by atoms with E-state index in [0.717, 1.165) is 28.7 Å². The molecule has 0 unspecified atom stereocenters. The molecule has 2 N–H and O–H groups in total. The van der Waals surface area contributed by atoms with Crippen molar-refractivity contribution in [2.24, 2.45) is 0 Å². The predicted molar refractivity (Wildman–Crippen MR) is 88.7 cm³/mol. The Labute approximate surface area is 132 Å². The van der Waals surface area contributed by atoms with Gasteiger partial charge in [-0.05, 0) is 42.7 Å². The van der Waals surface area contributed by atoms with Crippen molar-refractivity contribution in [3.8, 4) is 0 Å². The first-order chi connectivity index (χ1) is 10.1. The Bertz CT molecular complexity index is 684. The molecule has 1 atom stereocenters. The Balaban J connectivity index is 1.76. The fraction of sp³-hybridized carbons (Fsp3) is 0.235. The summed E-state index contributed by atoms with van der Waals surface area (Å²) < 4.78 is 1.01. The van der Waals surface area contributed by atoms with Crippen LogP contribution in [0.5, 0.6) is 0 Å². The van der Waals surface area contributed by atoms with Crippen molar-refractivity contribution in [2.75, 3.05) is 11.9 Å².